The van der Waals surface area contributed by atoms with Crippen LogP contribution in [-0.4, -0.2) is 12.9 Å². The number of anilines is 1. The standard InChI is InChI=1S/C31H55NO2/c1-3-5-7-9-11-13-14-15-16-18-20-22-27-34-32-31-26-23-24-29(28-33)30(31)25-21-19-17-12-10-8-6-4-2/h23-24,26,28,32H,3-22,25,27H2,1-2H3. The highest BCUT2D eigenvalue weighted by atomic mass is 16.6. The molecule has 3 nitrogen and oxygen atoms in total. The lowest BCUT2D eigenvalue weighted by atomic mass is 9.99. The SMILES string of the molecule is CCCCCCCCCCCCCCONc1cccc(C=O)c1CCCCCCCCCC. The van der Waals surface area contributed by atoms with E-state index >= 15 is 0 Å². The number of nitrogens with one attached hydrogen (secondary N) is 1. The molecule has 0 spiro atoms. The fraction of sp³-hybridized carbons (Fsp3) is 0.774. The highest BCUT2D eigenvalue weighted by Crippen LogP contribution is 2.22. The summed E-state index contributed by atoms with van der Waals surface area (Å²) in [6.07, 6.45) is 28.5. The van der Waals surface area contributed by atoms with Gasteiger partial charge in [0.15, 0.2) is 0 Å². The van der Waals surface area contributed by atoms with Crippen molar-refractivity contribution in [2.75, 3.05) is 12.1 Å². The van der Waals surface area contributed by atoms with Gasteiger partial charge in [-0.05, 0) is 30.9 Å². The third kappa shape index (κ3) is 16.3. The second-order valence-electron chi connectivity index (χ2n) is 10.1. The zero-order valence-corrected chi connectivity index (χ0v) is 22.7. The van der Waals surface area contributed by atoms with E-state index in [1.54, 1.807) is 0 Å². The summed E-state index contributed by atoms with van der Waals surface area (Å²) in [5, 5.41) is 0. The molecule has 0 saturated heterocycles. The van der Waals surface area contributed by atoms with Gasteiger partial charge < -0.3 is 0 Å². The van der Waals surface area contributed by atoms with Crippen LogP contribution in [0.5, 0.6) is 0 Å². The van der Waals surface area contributed by atoms with Gasteiger partial charge in [0.25, 0.3) is 0 Å². The second-order valence-corrected chi connectivity index (χ2v) is 10.1. The maximum Gasteiger partial charge on any atom is 0.150 e. The molecule has 0 bridgehead atoms. The zero-order chi connectivity index (χ0) is 24.5. The topological polar surface area (TPSA) is 38.3 Å². The maximum atomic E-state index is 11.5. The Morgan fingerprint density at radius 1 is 0.647 bits per heavy atom. The Balaban J connectivity index is 2.12. The fourth-order valence-corrected chi connectivity index (χ4v) is 4.67. The van der Waals surface area contributed by atoms with Gasteiger partial charge in [0.1, 0.15) is 6.29 Å². The Morgan fingerprint density at radius 2 is 1.12 bits per heavy atom. The molecule has 1 aromatic carbocycles. The number of hydrogen-bond donors (Lipinski definition) is 1. The Hall–Kier alpha value is -1.35. The Kier molecular flexibility index (Phi) is 21.1. The monoisotopic (exact) mass is 473 g/mol. The molecule has 0 aliphatic rings. The molecule has 0 radical (unpaired) electrons. The first-order valence-corrected chi connectivity index (χ1v) is 14.8. The van der Waals surface area contributed by atoms with E-state index < -0.39 is 0 Å². The van der Waals surface area contributed by atoms with Crippen LogP contribution in [0.15, 0.2) is 18.2 Å². The van der Waals surface area contributed by atoms with Gasteiger partial charge in [-0.2, -0.15) is 0 Å². The van der Waals surface area contributed by atoms with E-state index in [1.807, 2.05) is 18.2 Å². The van der Waals surface area contributed by atoms with Crippen molar-refractivity contribution in [3.8, 4) is 0 Å². The number of benzene rings is 1. The average Bonchev–Trinajstić information content (AvgIpc) is 2.86. The lowest BCUT2D eigenvalue weighted by Crippen LogP contribution is -2.07. The van der Waals surface area contributed by atoms with Crippen molar-refractivity contribution in [2.24, 2.45) is 0 Å². The predicted molar refractivity (Wildman–Crippen MR) is 149 cm³/mol. The van der Waals surface area contributed by atoms with E-state index in [-0.39, 0.29) is 0 Å². The Labute approximate surface area is 211 Å². The third-order valence-electron chi connectivity index (χ3n) is 6.90. The smallest absolute Gasteiger partial charge is 0.150 e. The molecule has 0 atom stereocenters. The van der Waals surface area contributed by atoms with Crippen LogP contribution in [0.2, 0.25) is 0 Å². The van der Waals surface area contributed by atoms with E-state index in [4.69, 9.17) is 4.84 Å². The van der Waals surface area contributed by atoms with Crippen molar-refractivity contribution < 1.29 is 9.63 Å². The molecule has 0 amide bonds. The largest absolute Gasteiger partial charge is 0.298 e. The summed E-state index contributed by atoms with van der Waals surface area (Å²) in [5.41, 5.74) is 6.01. The molecule has 196 valence electrons. The van der Waals surface area contributed by atoms with Crippen molar-refractivity contribution in [1.29, 1.82) is 0 Å². The molecule has 0 aliphatic carbocycles. The van der Waals surface area contributed by atoms with E-state index in [2.05, 4.69) is 19.3 Å². The lowest BCUT2D eigenvalue weighted by molar-refractivity contribution is 0.112. The van der Waals surface area contributed by atoms with Crippen molar-refractivity contribution in [2.45, 2.75) is 149 Å². The summed E-state index contributed by atoms with van der Waals surface area (Å²) in [4.78, 5) is 17.3. The van der Waals surface area contributed by atoms with Gasteiger partial charge in [0, 0.05) is 5.56 Å². The molecule has 0 aromatic heterocycles. The molecule has 0 heterocycles. The molecule has 1 rings (SSSR count). The van der Waals surface area contributed by atoms with Crippen LogP contribution in [0.3, 0.4) is 0 Å². The number of hydrogen-bond acceptors (Lipinski definition) is 3. The molecule has 0 aliphatic heterocycles. The van der Waals surface area contributed by atoms with Crippen LogP contribution in [0.25, 0.3) is 0 Å². The summed E-state index contributed by atoms with van der Waals surface area (Å²) in [7, 11) is 0. The fourth-order valence-electron chi connectivity index (χ4n) is 4.67. The minimum atomic E-state index is 0.722. The number of unbranched alkanes of at least 4 members (excludes halogenated alkanes) is 18. The molecular weight excluding hydrogens is 418 g/mol. The van der Waals surface area contributed by atoms with Crippen LogP contribution in [0.4, 0.5) is 5.69 Å². The lowest BCUT2D eigenvalue weighted by Gasteiger charge is -2.14. The number of rotatable bonds is 25. The van der Waals surface area contributed by atoms with Gasteiger partial charge in [-0.25, -0.2) is 0 Å². The van der Waals surface area contributed by atoms with Crippen LogP contribution < -0.4 is 5.48 Å². The summed E-state index contributed by atoms with van der Waals surface area (Å²) >= 11 is 0. The average molecular weight is 474 g/mol. The molecule has 1 N–H and O–H groups in total. The van der Waals surface area contributed by atoms with E-state index in [9.17, 15) is 4.79 Å². The highest BCUT2D eigenvalue weighted by molar-refractivity contribution is 5.80. The van der Waals surface area contributed by atoms with Crippen LogP contribution >= 0.6 is 0 Å². The predicted octanol–water partition coefficient (Wildman–Crippen LogP) is 10.2. The van der Waals surface area contributed by atoms with Crippen LogP contribution in [0.1, 0.15) is 158 Å². The third-order valence-corrected chi connectivity index (χ3v) is 6.90. The molecule has 0 unspecified atom stereocenters. The van der Waals surface area contributed by atoms with E-state index in [0.717, 1.165) is 49.0 Å². The first-order valence-electron chi connectivity index (χ1n) is 14.8. The minimum absolute atomic E-state index is 0.722. The van der Waals surface area contributed by atoms with Crippen LogP contribution in [-0.2, 0) is 11.3 Å². The summed E-state index contributed by atoms with van der Waals surface area (Å²) in [5.74, 6) is 0. The minimum Gasteiger partial charge on any atom is -0.298 e. The molecular formula is C31H55NO2. The first kappa shape index (κ1) is 30.7. The van der Waals surface area contributed by atoms with Crippen molar-refractivity contribution in [3.63, 3.8) is 0 Å². The molecule has 34 heavy (non-hydrogen) atoms. The molecule has 0 fully saturated rings. The molecule has 3 heteroatoms. The number of carbonyl (C=O) groups is 1. The highest BCUT2D eigenvalue weighted by Gasteiger charge is 2.08. The zero-order valence-electron chi connectivity index (χ0n) is 22.7. The normalized spacial score (nSPS) is 11.1. The maximum absolute atomic E-state index is 11.5. The van der Waals surface area contributed by atoms with Crippen molar-refractivity contribution >= 4 is 12.0 Å². The second kappa shape index (κ2) is 23.4. The quantitative estimate of drug-likeness (QED) is 0.0871. The van der Waals surface area contributed by atoms with E-state index in [1.165, 1.54) is 116 Å². The summed E-state index contributed by atoms with van der Waals surface area (Å²) in [6.45, 7) is 5.26. The summed E-state index contributed by atoms with van der Waals surface area (Å²) in [6, 6.07) is 5.90. The number of carbonyl (C=O) groups excluding carboxylic acids is 1. The Morgan fingerprint density at radius 3 is 1.62 bits per heavy atom. The van der Waals surface area contributed by atoms with Gasteiger partial charge in [0.2, 0.25) is 0 Å². The summed E-state index contributed by atoms with van der Waals surface area (Å²) < 4.78 is 0. The van der Waals surface area contributed by atoms with Crippen molar-refractivity contribution in [3.05, 3.63) is 29.3 Å². The molecule has 0 saturated carbocycles. The van der Waals surface area contributed by atoms with Crippen molar-refractivity contribution in [1.82, 2.24) is 0 Å². The van der Waals surface area contributed by atoms with Gasteiger partial charge in [-0.15, -0.1) is 0 Å². The van der Waals surface area contributed by atoms with E-state index in [0.29, 0.717) is 0 Å². The van der Waals surface area contributed by atoms with Gasteiger partial charge in [-0.1, -0.05) is 142 Å². The Bertz CT molecular complexity index is 587. The van der Waals surface area contributed by atoms with Crippen LogP contribution in [0, 0.1) is 0 Å². The van der Waals surface area contributed by atoms with Gasteiger partial charge in [-0.3, -0.25) is 15.1 Å². The van der Waals surface area contributed by atoms with Gasteiger partial charge in [0.05, 0.1) is 12.3 Å². The first-order chi connectivity index (χ1) is 16.8. The number of aldehydes is 1. The molecule has 1 aromatic rings. The van der Waals surface area contributed by atoms with Gasteiger partial charge >= 0.3 is 0 Å².